The predicted octanol–water partition coefficient (Wildman–Crippen LogP) is 3.93. The summed E-state index contributed by atoms with van der Waals surface area (Å²) in [4.78, 5) is 1.08. The number of aryl methyl sites for hydroxylation is 2. The molecule has 0 fully saturated rings. The Hall–Kier alpha value is -0.850. The summed E-state index contributed by atoms with van der Waals surface area (Å²) in [7, 11) is -3.51. The van der Waals surface area contributed by atoms with Crippen molar-refractivity contribution < 1.29 is 8.42 Å². The maximum atomic E-state index is 12.2. The quantitative estimate of drug-likeness (QED) is 0.915. The van der Waals surface area contributed by atoms with Gasteiger partial charge in [0.05, 0.1) is 3.79 Å². The Morgan fingerprint density at radius 3 is 2.28 bits per heavy atom. The van der Waals surface area contributed by atoms with Gasteiger partial charge in [-0.25, -0.2) is 8.42 Å². The van der Waals surface area contributed by atoms with Crippen LogP contribution in [-0.2, 0) is 10.0 Å². The first kappa shape index (κ1) is 13.6. The molecule has 1 aromatic heterocycles. The summed E-state index contributed by atoms with van der Waals surface area (Å²) in [5.74, 6) is 0. The van der Waals surface area contributed by atoms with E-state index >= 15 is 0 Å². The van der Waals surface area contributed by atoms with Crippen LogP contribution in [0.3, 0.4) is 0 Å². The van der Waals surface area contributed by atoms with Gasteiger partial charge < -0.3 is 0 Å². The van der Waals surface area contributed by atoms with Crippen molar-refractivity contribution in [3.63, 3.8) is 0 Å². The predicted molar refractivity (Wildman–Crippen MR) is 78.7 cm³/mol. The summed E-state index contributed by atoms with van der Waals surface area (Å²) < 4.78 is 27.8. The van der Waals surface area contributed by atoms with Crippen LogP contribution < -0.4 is 4.72 Å². The normalized spacial score (nSPS) is 11.5. The molecule has 96 valence electrons. The van der Waals surface area contributed by atoms with Crippen molar-refractivity contribution in [2.45, 2.75) is 18.7 Å². The Labute approximate surface area is 119 Å². The third-order valence-electron chi connectivity index (χ3n) is 2.44. The zero-order valence-electron chi connectivity index (χ0n) is 9.90. The minimum atomic E-state index is -3.51. The lowest BCUT2D eigenvalue weighted by molar-refractivity contribution is 0.601. The lowest BCUT2D eigenvalue weighted by Gasteiger charge is -2.07. The minimum absolute atomic E-state index is 0.319. The first-order valence-electron chi connectivity index (χ1n) is 5.24. The van der Waals surface area contributed by atoms with Crippen molar-refractivity contribution in [3.8, 4) is 0 Å². The van der Waals surface area contributed by atoms with E-state index in [0.717, 1.165) is 14.2 Å². The van der Waals surface area contributed by atoms with Crippen molar-refractivity contribution in [1.29, 1.82) is 0 Å². The van der Waals surface area contributed by atoms with E-state index in [9.17, 15) is 8.42 Å². The van der Waals surface area contributed by atoms with Crippen molar-refractivity contribution in [1.82, 2.24) is 0 Å². The molecule has 0 aliphatic heterocycles. The van der Waals surface area contributed by atoms with Crippen LogP contribution in [0, 0.1) is 13.8 Å². The van der Waals surface area contributed by atoms with Gasteiger partial charge in [0.2, 0.25) is 0 Å². The summed E-state index contributed by atoms with van der Waals surface area (Å²) in [6, 6.07) is 8.87. The molecule has 1 heterocycles. The van der Waals surface area contributed by atoms with E-state index in [0.29, 0.717) is 10.6 Å². The molecule has 0 saturated heterocycles. The van der Waals surface area contributed by atoms with Crippen LogP contribution in [0.25, 0.3) is 0 Å². The average molecular weight is 346 g/mol. The van der Waals surface area contributed by atoms with E-state index in [1.165, 1.54) is 11.3 Å². The third kappa shape index (κ3) is 2.93. The molecule has 3 nitrogen and oxygen atoms in total. The van der Waals surface area contributed by atoms with Crippen LogP contribution in [0.5, 0.6) is 0 Å². The molecule has 18 heavy (non-hydrogen) atoms. The van der Waals surface area contributed by atoms with Gasteiger partial charge >= 0.3 is 0 Å². The van der Waals surface area contributed by atoms with Crippen LogP contribution in [0.15, 0.2) is 39.0 Å². The number of sulfonamides is 1. The van der Waals surface area contributed by atoms with Crippen LogP contribution in [0.1, 0.15) is 10.4 Å². The molecule has 0 aliphatic rings. The lowest BCUT2D eigenvalue weighted by atomic mass is 10.2. The fourth-order valence-electron chi connectivity index (χ4n) is 1.53. The summed E-state index contributed by atoms with van der Waals surface area (Å²) >= 11 is 4.70. The second kappa shape index (κ2) is 5.03. The highest BCUT2D eigenvalue weighted by atomic mass is 79.9. The molecule has 0 amide bonds. The van der Waals surface area contributed by atoms with E-state index in [1.54, 1.807) is 25.1 Å². The summed E-state index contributed by atoms with van der Waals surface area (Å²) in [6.45, 7) is 3.75. The Morgan fingerprint density at radius 1 is 1.17 bits per heavy atom. The monoisotopic (exact) mass is 345 g/mol. The van der Waals surface area contributed by atoms with Crippen LogP contribution in [-0.4, -0.2) is 8.42 Å². The van der Waals surface area contributed by atoms with Gasteiger partial charge in [-0.05, 0) is 48.0 Å². The highest BCUT2D eigenvalue weighted by molar-refractivity contribution is 9.11. The molecule has 0 aliphatic carbocycles. The molecular weight excluding hydrogens is 334 g/mol. The molecule has 0 saturated carbocycles. The lowest BCUT2D eigenvalue weighted by Crippen LogP contribution is -2.12. The van der Waals surface area contributed by atoms with E-state index in [4.69, 9.17) is 0 Å². The summed E-state index contributed by atoms with van der Waals surface area (Å²) in [5.41, 5.74) is 1.66. The summed E-state index contributed by atoms with van der Waals surface area (Å²) in [5, 5.41) is 0. The fraction of sp³-hybridized carbons (Fsp3) is 0.167. The van der Waals surface area contributed by atoms with Crippen molar-refractivity contribution in [2.24, 2.45) is 0 Å². The van der Waals surface area contributed by atoms with Crippen molar-refractivity contribution in [2.75, 3.05) is 4.72 Å². The number of hydrogen-bond acceptors (Lipinski definition) is 3. The zero-order chi connectivity index (χ0) is 13.3. The van der Waals surface area contributed by atoms with E-state index in [1.807, 2.05) is 19.1 Å². The maximum absolute atomic E-state index is 12.2. The summed E-state index contributed by atoms with van der Waals surface area (Å²) in [6.07, 6.45) is 0. The van der Waals surface area contributed by atoms with Crippen molar-refractivity contribution >= 4 is 43.0 Å². The van der Waals surface area contributed by atoms with E-state index in [-0.39, 0.29) is 0 Å². The highest BCUT2D eigenvalue weighted by Crippen LogP contribution is 2.30. The van der Waals surface area contributed by atoms with Crippen LogP contribution in [0.4, 0.5) is 5.69 Å². The molecule has 2 aromatic rings. The minimum Gasteiger partial charge on any atom is -0.280 e. The van der Waals surface area contributed by atoms with Gasteiger partial charge in [-0.15, -0.1) is 11.3 Å². The van der Waals surface area contributed by atoms with Crippen LogP contribution in [0.2, 0.25) is 0 Å². The number of rotatable bonds is 3. The Kier molecular flexibility index (Phi) is 3.79. The Morgan fingerprint density at radius 2 is 1.78 bits per heavy atom. The topological polar surface area (TPSA) is 46.2 Å². The number of halogens is 1. The first-order chi connectivity index (χ1) is 8.38. The van der Waals surface area contributed by atoms with Crippen molar-refractivity contribution in [3.05, 3.63) is 44.6 Å². The highest BCUT2D eigenvalue weighted by Gasteiger charge is 2.19. The fourth-order valence-corrected chi connectivity index (χ4v) is 5.00. The number of thiophene rings is 1. The van der Waals surface area contributed by atoms with E-state index in [2.05, 4.69) is 20.7 Å². The molecule has 0 spiro atoms. The first-order valence-corrected chi connectivity index (χ1v) is 8.33. The molecule has 0 bridgehead atoms. The van der Waals surface area contributed by atoms with Gasteiger partial charge in [0, 0.05) is 10.6 Å². The molecule has 2 rings (SSSR count). The molecule has 1 N–H and O–H groups in total. The van der Waals surface area contributed by atoms with Gasteiger partial charge in [0.15, 0.2) is 0 Å². The van der Waals surface area contributed by atoms with Gasteiger partial charge in [0.1, 0.15) is 4.90 Å². The molecule has 0 radical (unpaired) electrons. The molecule has 6 heteroatoms. The second-order valence-corrected chi connectivity index (χ2v) is 8.23. The second-order valence-electron chi connectivity index (χ2n) is 3.94. The maximum Gasteiger partial charge on any atom is 0.263 e. The third-order valence-corrected chi connectivity index (χ3v) is 5.63. The largest absolute Gasteiger partial charge is 0.280 e. The van der Waals surface area contributed by atoms with Gasteiger partial charge in [-0.2, -0.15) is 0 Å². The Bertz CT molecular complexity index is 660. The Balaban J connectivity index is 2.33. The number of anilines is 1. The smallest absolute Gasteiger partial charge is 0.263 e. The SMILES string of the molecule is Cc1ccc(NS(=O)(=O)c2cc(Br)sc2C)cc1. The molecule has 0 atom stereocenters. The standard InChI is InChI=1S/C12H12BrNO2S2/c1-8-3-5-10(6-4-8)14-18(15,16)11-7-12(13)17-9(11)2/h3-7,14H,1-2H3. The number of hydrogen-bond donors (Lipinski definition) is 1. The zero-order valence-corrected chi connectivity index (χ0v) is 13.1. The molecule has 1 aromatic carbocycles. The molecular formula is C12H12BrNO2S2. The van der Waals surface area contributed by atoms with Crippen LogP contribution >= 0.6 is 27.3 Å². The van der Waals surface area contributed by atoms with Gasteiger partial charge in [-0.1, -0.05) is 17.7 Å². The average Bonchev–Trinajstić information content (AvgIpc) is 2.62. The molecule has 0 unspecified atom stereocenters. The van der Waals surface area contributed by atoms with Gasteiger partial charge in [-0.3, -0.25) is 4.72 Å². The van der Waals surface area contributed by atoms with E-state index < -0.39 is 10.0 Å². The number of nitrogens with one attached hydrogen (secondary N) is 1. The number of benzene rings is 1. The van der Waals surface area contributed by atoms with Gasteiger partial charge in [0.25, 0.3) is 10.0 Å².